The summed E-state index contributed by atoms with van der Waals surface area (Å²) in [5, 5.41) is 0. The highest BCUT2D eigenvalue weighted by molar-refractivity contribution is 5.89. The van der Waals surface area contributed by atoms with Crippen LogP contribution in [0.3, 0.4) is 0 Å². The Morgan fingerprint density at radius 3 is 2.07 bits per heavy atom. The Morgan fingerprint density at radius 1 is 0.833 bits per heavy atom. The van der Waals surface area contributed by atoms with Gasteiger partial charge in [-0.05, 0) is 61.2 Å². The van der Waals surface area contributed by atoms with E-state index < -0.39 is 0 Å². The molecule has 0 heterocycles. The van der Waals surface area contributed by atoms with Crippen LogP contribution < -0.4 is 9.47 Å². The van der Waals surface area contributed by atoms with Gasteiger partial charge in [0.25, 0.3) is 0 Å². The van der Waals surface area contributed by atoms with Crippen molar-refractivity contribution in [3.63, 3.8) is 0 Å². The van der Waals surface area contributed by atoms with Crippen molar-refractivity contribution in [3.8, 4) is 11.5 Å². The number of hydrogen-bond acceptors (Lipinski definition) is 4. The third-order valence-corrected chi connectivity index (χ3v) is 4.94. The molecule has 0 aromatic heterocycles. The lowest BCUT2D eigenvalue weighted by atomic mass is 10.1. The fourth-order valence-electron chi connectivity index (χ4n) is 3.11. The zero-order valence-electron chi connectivity index (χ0n) is 18.1. The molecular weight excluding hydrogens is 376 g/mol. The van der Waals surface area contributed by atoms with E-state index in [9.17, 15) is 4.79 Å². The van der Waals surface area contributed by atoms with E-state index in [0.29, 0.717) is 12.2 Å². The van der Waals surface area contributed by atoms with Gasteiger partial charge in [-0.3, -0.25) is 0 Å². The Labute approximate surface area is 180 Å². The summed E-state index contributed by atoms with van der Waals surface area (Å²) in [6.07, 6.45) is 11.8. The van der Waals surface area contributed by atoms with Gasteiger partial charge in [0.1, 0.15) is 18.1 Å². The smallest absolute Gasteiger partial charge is 0.338 e. The molecule has 0 spiro atoms. The van der Waals surface area contributed by atoms with E-state index in [0.717, 1.165) is 29.9 Å². The SMILES string of the molecule is C=CCCCCCCCCCOc1ccc(C(=O)OCc2ccc(OC)cc2)cc1. The lowest BCUT2D eigenvalue weighted by molar-refractivity contribution is 0.0472. The van der Waals surface area contributed by atoms with E-state index in [-0.39, 0.29) is 12.6 Å². The molecule has 2 rings (SSSR count). The first-order valence-electron chi connectivity index (χ1n) is 10.9. The lowest BCUT2D eigenvalue weighted by Gasteiger charge is -2.08. The highest BCUT2D eigenvalue weighted by Crippen LogP contribution is 2.16. The van der Waals surface area contributed by atoms with Gasteiger partial charge in [0.15, 0.2) is 0 Å². The summed E-state index contributed by atoms with van der Waals surface area (Å²) in [7, 11) is 1.62. The molecule has 0 aliphatic rings. The van der Waals surface area contributed by atoms with E-state index in [1.54, 1.807) is 19.2 Å². The van der Waals surface area contributed by atoms with Crippen LogP contribution >= 0.6 is 0 Å². The number of hydrogen-bond donors (Lipinski definition) is 0. The quantitative estimate of drug-likeness (QED) is 0.185. The largest absolute Gasteiger partial charge is 0.497 e. The number of unbranched alkanes of at least 4 members (excludes halogenated alkanes) is 7. The topological polar surface area (TPSA) is 44.8 Å². The van der Waals surface area contributed by atoms with Crippen molar-refractivity contribution >= 4 is 5.97 Å². The van der Waals surface area contributed by atoms with Gasteiger partial charge in [-0.25, -0.2) is 4.79 Å². The number of methoxy groups -OCH3 is 1. The van der Waals surface area contributed by atoms with E-state index in [4.69, 9.17) is 14.2 Å². The van der Waals surface area contributed by atoms with Gasteiger partial charge < -0.3 is 14.2 Å². The molecule has 0 aliphatic carbocycles. The molecule has 0 aliphatic heterocycles. The molecule has 30 heavy (non-hydrogen) atoms. The van der Waals surface area contributed by atoms with E-state index in [2.05, 4.69) is 6.58 Å². The summed E-state index contributed by atoms with van der Waals surface area (Å²) in [5.74, 6) is 1.22. The molecule has 0 atom stereocenters. The Morgan fingerprint density at radius 2 is 1.43 bits per heavy atom. The molecule has 2 aromatic rings. The van der Waals surface area contributed by atoms with Crippen LogP contribution in [0.2, 0.25) is 0 Å². The predicted molar refractivity (Wildman–Crippen MR) is 121 cm³/mol. The van der Waals surface area contributed by atoms with Crippen LogP contribution in [0.15, 0.2) is 61.2 Å². The molecule has 0 bridgehead atoms. The minimum atomic E-state index is -0.342. The maximum Gasteiger partial charge on any atom is 0.338 e. The number of carbonyl (C=O) groups is 1. The molecule has 0 N–H and O–H groups in total. The molecule has 2 aromatic carbocycles. The number of benzene rings is 2. The zero-order valence-corrected chi connectivity index (χ0v) is 18.1. The maximum absolute atomic E-state index is 12.2. The highest BCUT2D eigenvalue weighted by Gasteiger charge is 2.08. The Balaban J connectivity index is 1.59. The first kappa shape index (κ1) is 23.5. The van der Waals surface area contributed by atoms with Gasteiger partial charge in [-0.2, -0.15) is 0 Å². The second kappa shape index (κ2) is 14.3. The van der Waals surface area contributed by atoms with Gasteiger partial charge in [-0.1, -0.05) is 50.3 Å². The third-order valence-electron chi connectivity index (χ3n) is 4.94. The van der Waals surface area contributed by atoms with Gasteiger partial charge in [0.2, 0.25) is 0 Å². The molecule has 4 heteroatoms. The molecule has 4 nitrogen and oxygen atoms in total. The van der Waals surface area contributed by atoms with Gasteiger partial charge in [0, 0.05) is 0 Å². The summed E-state index contributed by atoms with van der Waals surface area (Å²) in [5.41, 5.74) is 1.44. The molecule has 0 saturated carbocycles. The normalized spacial score (nSPS) is 10.4. The second-order valence-electron chi connectivity index (χ2n) is 7.35. The zero-order chi connectivity index (χ0) is 21.4. The average molecular weight is 411 g/mol. The summed E-state index contributed by atoms with van der Waals surface area (Å²) in [4.78, 5) is 12.2. The van der Waals surface area contributed by atoms with Crippen molar-refractivity contribution in [2.45, 2.75) is 58.0 Å². The number of rotatable bonds is 15. The molecular formula is C26H34O4. The van der Waals surface area contributed by atoms with Crippen LogP contribution in [0.25, 0.3) is 0 Å². The summed E-state index contributed by atoms with van der Waals surface area (Å²) >= 11 is 0. The van der Waals surface area contributed by atoms with Crippen molar-refractivity contribution < 1.29 is 19.0 Å². The van der Waals surface area contributed by atoms with Crippen LogP contribution in [0.4, 0.5) is 0 Å². The molecule has 0 fully saturated rings. The number of carbonyl (C=O) groups excluding carboxylic acids is 1. The number of esters is 1. The van der Waals surface area contributed by atoms with Gasteiger partial charge in [0.05, 0.1) is 19.3 Å². The monoisotopic (exact) mass is 410 g/mol. The summed E-state index contributed by atoms with van der Waals surface area (Å²) in [6.45, 7) is 4.69. The summed E-state index contributed by atoms with van der Waals surface area (Å²) in [6, 6.07) is 14.6. The lowest BCUT2D eigenvalue weighted by Crippen LogP contribution is -2.05. The Hall–Kier alpha value is -2.75. The molecule has 0 unspecified atom stereocenters. The first-order chi connectivity index (χ1) is 14.7. The molecule has 0 saturated heterocycles. The average Bonchev–Trinajstić information content (AvgIpc) is 2.79. The summed E-state index contributed by atoms with van der Waals surface area (Å²) < 4.78 is 16.3. The second-order valence-corrected chi connectivity index (χ2v) is 7.35. The fraction of sp³-hybridized carbons (Fsp3) is 0.423. The van der Waals surface area contributed by atoms with E-state index >= 15 is 0 Å². The number of allylic oxidation sites excluding steroid dienone is 1. The molecule has 0 radical (unpaired) electrons. The van der Waals surface area contributed by atoms with E-state index in [1.807, 2.05) is 42.5 Å². The van der Waals surface area contributed by atoms with Gasteiger partial charge >= 0.3 is 5.97 Å². The Bertz CT molecular complexity index is 735. The predicted octanol–water partition coefficient (Wildman–Crippen LogP) is 6.74. The minimum absolute atomic E-state index is 0.231. The fourth-order valence-corrected chi connectivity index (χ4v) is 3.11. The van der Waals surface area contributed by atoms with Crippen LogP contribution in [0.1, 0.15) is 67.3 Å². The van der Waals surface area contributed by atoms with Crippen molar-refractivity contribution in [1.29, 1.82) is 0 Å². The van der Waals surface area contributed by atoms with Crippen LogP contribution in [0, 0.1) is 0 Å². The van der Waals surface area contributed by atoms with Crippen molar-refractivity contribution in [3.05, 3.63) is 72.3 Å². The maximum atomic E-state index is 12.2. The van der Waals surface area contributed by atoms with Crippen LogP contribution in [0.5, 0.6) is 11.5 Å². The molecule has 0 amide bonds. The molecule has 162 valence electrons. The van der Waals surface area contributed by atoms with Crippen LogP contribution in [-0.4, -0.2) is 19.7 Å². The highest BCUT2D eigenvalue weighted by atomic mass is 16.5. The van der Waals surface area contributed by atoms with Crippen LogP contribution in [-0.2, 0) is 11.3 Å². The van der Waals surface area contributed by atoms with Crippen molar-refractivity contribution in [1.82, 2.24) is 0 Å². The third kappa shape index (κ3) is 9.17. The van der Waals surface area contributed by atoms with E-state index in [1.165, 1.54) is 38.5 Å². The minimum Gasteiger partial charge on any atom is -0.497 e. The Kier molecular flexibility index (Phi) is 11.2. The van der Waals surface area contributed by atoms with Crippen molar-refractivity contribution in [2.24, 2.45) is 0 Å². The van der Waals surface area contributed by atoms with Crippen molar-refractivity contribution in [2.75, 3.05) is 13.7 Å². The first-order valence-corrected chi connectivity index (χ1v) is 10.9. The standard InChI is InChI=1S/C26H34O4/c1-3-4-5-6-7-8-9-10-11-20-29-25-18-14-23(15-19-25)26(27)30-21-22-12-16-24(28-2)17-13-22/h3,12-19H,1,4-11,20-21H2,2H3. The van der Waals surface area contributed by atoms with Gasteiger partial charge in [-0.15, -0.1) is 6.58 Å². The number of ether oxygens (including phenoxy) is 3.